The number of Topliss-reactive ketones (excluding diaryl/α,β-unsaturated/α-hetero) is 1. The number of hydrogen-bond donors (Lipinski definition) is 1. The van der Waals surface area contributed by atoms with Crippen LogP contribution < -0.4 is 0 Å². The van der Waals surface area contributed by atoms with Crippen molar-refractivity contribution in [3.8, 4) is 0 Å². The van der Waals surface area contributed by atoms with Gasteiger partial charge in [-0.3, -0.25) is 4.79 Å². The highest BCUT2D eigenvalue weighted by Crippen LogP contribution is 2.60. The van der Waals surface area contributed by atoms with E-state index in [1.165, 1.54) is 44.9 Å². The van der Waals surface area contributed by atoms with E-state index in [0.717, 1.165) is 43.4 Å². The standard InChI is InChI=1S/C23H39BrO2/c1-4-11-22(2,26)14-16-8-9-18-17(13-16)10-12-23(3)19(18)6-5-7-20(23)21(25)15-24/h16-20,26H,4-15H2,1-3H3/t16-,17+,18+,19-,20+,22?,23-/m0/s1. The summed E-state index contributed by atoms with van der Waals surface area (Å²) in [5.74, 6) is 3.84. The molecule has 1 unspecified atom stereocenters. The van der Waals surface area contributed by atoms with Crippen molar-refractivity contribution in [3.05, 3.63) is 0 Å². The van der Waals surface area contributed by atoms with E-state index in [-0.39, 0.29) is 11.3 Å². The first kappa shape index (κ1) is 20.8. The molecule has 0 amide bonds. The number of rotatable bonds is 6. The zero-order valence-corrected chi connectivity index (χ0v) is 18.7. The number of aliphatic hydroxyl groups is 1. The van der Waals surface area contributed by atoms with Crippen molar-refractivity contribution in [1.29, 1.82) is 0 Å². The van der Waals surface area contributed by atoms with Crippen LogP contribution in [0.25, 0.3) is 0 Å². The third-order valence-corrected chi connectivity index (χ3v) is 8.96. The molecule has 0 aromatic carbocycles. The summed E-state index contributed by atoms with van der Waals surface area (Å²) in [4.78, 5) is 12.6. The Bertz CT molecular complexity index is 502. The number of ketones is 1. The maximum atomic E-state index is 12.6. The predicted molar refractivity (Wildman–Crippen MR) is 111 cm³/mol. The van der Waals surface area contributed by atoms with Gasteiger partial charge >= 0.3 is 0 Å². The molecule has 1 N–H and O–H groups in total. The molecule has 7 atom stereocenters. The first-order valence-electron chi connectivity index (χ1n) is 11.1. The van der Waals surface area contributed by atoms with E-state index < -0.39 is 5.60 Å². The van der Waals surface area contributed by atoms with Gasteiger partial charge in [0.25, 0.3) is 0 Å². The molecule has 0 radical (unpaired) electrons. The lowest BCUT2D eigenvalue weighted by Gasteiger charge is -2.57. The highest BCUT2D eigenvalue weighted by atomic mass is 79.9. The van der Waals surface area contributed by atoms with Gasteiger partial charge in [-0.25, -0.2) is 0 Å². The molecule has 2 nitrogen and oxygen atoms in total. The summed E-state index contributed by atoms with van der Waals surface area (Å²) in [6.07, 6.45) is 13.1. The number of fused-ring (bicyclic) bond motifs is 3. The molecule has 0 saturated heterocycles. The van der Waals surface area contributed by atoms with Gasteiger partial charge in [-0.05, 0) is 87.4 Å². The molecular weight excluding hydrogens is 388 g/mol. The third-order valence-electron chi connectivity index (χ3n) is 8.41. The van der Waals surface area contributed by atoms with Gasteiger partial charge in [0, 0.05) is 5.92 Å². The molecule has 0 bridgehead atoms. The number of carbonyl (C=O) groups excluding carboxylic acids is 1. The number of halogens is 1. The molecule has 3 aliphatic rings. The van der Waals surface area contributed by atoms with Crippen LogP contribution in [0.5, 0.6) is 0 Å². The number of alkyl halides is 1. The van der Waals surface area contributed by atoms with Gasteiger partial charge in [0.15, 0.2) is 0 Å². The predicted octanol–water partition coefficient (Wildman–Crippen LogP) is 6.14. The SMILES string of the molecule is CCCC(C)(O)C[C@H]1CC[C@@H]2[C@H](CC[C@]3(C)[C@@H](C(=O)CBr)CCC[C@@H]23)C1. The molecule has 3 heteroatoms. The Kier molecular flexibility index (Phi) is 6.60. The van der Waals surface area contributed by atoms with Crippen molar-refractivity contribution in [2.45, 2.75) is 97.0 Å². The second-order valence-corrected chi connectivity index (χ2v) is 10.8. The molecule has 0 heterocycles. The van der Waals surface area contributed by atoms with Crippen LogP contribution in [0.3, 0.4) is 0 Å². The quantitative estimate of drug-likeness (QED) is 0.517. The van der Waals surface area contributed by atoms with Gasteiger partial charge in [-0.15, -0.1) is 0 Å². The Morgan fingerprint density at radius 2 is 2.00 bits per heavy atom. The van der Waals surface area contributed by atoms with Gasteiger partial charge < -0.3 is 5.11 Å². The molecule has 26 heavy (non-hydrogen) atoms. The minimum atomic E-state index is -0.479. The summed E-state index contributed by atoms with van der Waals surface area (Å²) < 4.78 is 0. The maximum Gasteiger partial charge on any atom is 0.147 e. The van der Waals surface area contributed by atoms with Crippen LogP contribution in [0.15, 0.2) is 0 Å². The summed E-state index contributed by atoms with van der Waals surface area (Å²) in [5.41, 5.74) is -0.238. The van der Waals surface area contributed by atoms with Crippen molar-refractivity contribution >= 4 is 21.7 Å². The second-order valence-electron chi connectivity index (χ2n) is 10.3. The van der Waals surface area contributed by atoms with Crippen LogP contribution in [0.1, 0.15) is 91.4 Å². The molecular formula is C23H39BrO2. The zero-order valence-electron chi connectivity index (χ0n) is 17.1. The maximum absolute atomic E-state index is 12.6. The fraction of sp³-hybridized carbons (Fsp3) is 0.957. The minimum Gasteiger partial charge on any atom is -0.390 e. The lowest BCUT2D eigenvalue weighted by molar-refractivity contribution is -0.137. The van der Waals surface area contributed by atoms with Crippen molar-refractivity contribution < 1.29 is 9.90 Å². The fourth-order valence-electron chi connectivity index (χ4n) is 7.34. The first-order chi connectivity index (χ1) is 12.3. The Hall–Kier alpha value is 0.110. The lowest BCUT2D eigenvalue weighted by atomic mass is 9.47. The number of carbonyl (C=O) groups is 1. The summed E-state index contributed by atoms with van der Waals surface area (Å²) >= 11 is 3.44. The van der Waals surface area contributed by atoms with E-state index in [1.807, 2.05) is 6.92 Å². The highest BCUT2D eigenvalue weighted by Gasteiger charge is 2.54. The molecule has 0 spiro atoms. The smallest absolute Gasteiger partial charge is 0.147 e. The van der Waals surface area contributed by atoms with Crippen LogP contribution >= 0.6 is 15.9 Å². The van der Waals surface area contributed by atoms with E-state index in [9.17, 15) is 9.90 Å². The third kappa shape index (κ3) is 4.09. The summed E-state index contributed by atoms with van der Waals surface area (Å²) in [6.45, 7) is 6.65. The molecule has 0 aromatic rings. The van der Waals surface area contributed by atoms with E-state index >= 15 is 0 Å². The van der Waals surface area contributed by atoms with Crippen molar-refractivity contribution in [2.75, 3.05) is 5.33 Å². The van der Waals surface area contributed by atoms with Crippen LogP contribution in [0.4, 0.5) is 0 Å². The Labute approximate surface area is 169 Å². The number of hydrogen-bond acceptors (Lipinski definition) is 2. The molecule has 0 aliphatic heterocycles. The summed E-state index contributed by atoms with van der Waals surface area (Å²) in [6, 6.07) is 0. The van der Waals surface area contributed by atoms with Crippen molar-refractivity contribution in [3.63, 3.8) is 0 Å². The Morgan fingerprint density at radius 1 is 1.23 bits per heavy atom. The highest BCUT2D eigenvalue weighted by molar-refractivity contribution is 9.09. The van der Waals surface area contributed by atoms with Crippen molar-refractivity contribution in [2.24, 2.45) is 35.0 Å². The zero-order chi connectivity index (χ0) is 18.9. The fourth-order valence-corrected chi connectivity index (χ4v) is 7.73. The average Bonchev–Trinajstić information content (AvgIpc) is 2.59. The topological polar surface area (TPSA) is 37.3 Å². The Morgan fingerprint density at radius 3 is 2.69 bits per heavy atom. The van der Waals surface area contributed by atoms with Crippen LogP contribution in [-0.2, 0) is 4.79 Å². The molecule has 0 aromatic heterocycles. The second kappa shape index (κ2) is 8.23. The van der Waals surface area contributed by atoms with E-state index in [2.05, 4.69) is 29.8 Å². The molecule has 3 rings (SSSR count). The lowest BCUT2D eigenvalue weighted by Crippen LogP contribution is -2.52. The first-order valence-corrected chi connectivity index (χ1v) is 12.2. The van der Waals surface area contributed by atoms with Crippen LogP contribution in [0, 0.1) is 35.0 Å². The van der Waals surface area contributed by atoms with E-state index in [4.69, 9.17) is 0 Å². The van der Waals surface area contributed by atoms with E-state index in [1.54, 1.807) is 0 Å². The van der Waals surface area contributed by atoms with Gasteiger partial charge in [-0.2, -0.15) is 0 Å². The van der Waals surface area contributed by atoms with Gasteiger partial charge in [0.1, 0.15) is 5.78 Å². The van der Waals surface area contributed by atoms with Crippen LogP contribution in [0.2, 0.25) is 0 Å². The van der Waals surface area contributed by atoms with E-state index in [0.29, 0.717) is 17.0 Å². The Balaban J connectivity index is 1.68. The summed E-state index contributed by atoms with van der Waals surface area (Å²) in [7, 11) is 0. The molecule has 3 saturated carbocycles. The van der Waals surface area contributed by atoms with Gasteiger partial charge in [-0.1, -0.05) is 49.0 Å². The van der Waals surface area contributed by atoms with Gasteiger partial charge in [0.05, 0.1) is 10.9 Å². The molecule has 150 valence electrons. The van der Waals surface area contributed by atoms with Gasteiger partial charge in [0.2, 0.25) is 0 Å². The largest absolute Gasteiger partial charge is 0.390 e. The monoisotopic (exact) mass is 426 g/mol. The molecule has 3 aliphatic carbocycles. The average molecular weight is 427 g/mol. The molecule has 3 fully saturated rings. The normalized spacial score (nSPS) is 42.4. The van der Waals surface area contributed by atoms with Crippen LogP contribution in [-0.4, -0.2) is 21.8 Å². The van der Waals surface area contributed by atoms with Crippen molar-refractivity contribution in [1.82, 2.24) is 0 Å². The minimum absolute atomic E-state index is 0.241. The summed E-state index contributed by atoms with van der Waals surface area (Å²) in [5, 5.41) is 11.2.